The van der Waals surface area contributed by atoms with Crippen LogP contribution in [-0.4, -0.2) is 26.1 Å². The summed E-state index contributed by atoms with van der Waals surface area (Å²) >= 11 is 0. The smallest absolute Gasteiger partial charge is 0.259 e. The fraction of sp³-hybridized carbons (Fsp3) is 0.0833. The van der Waals surface area contributed by atoms with Crippen molar-refractivity contribution in [3.05, 3.63) is 41.9 Å². The molecule has 0 unspecified atom stereocenters. The minimum atomic E-state index is -0.208. The van der Waals surface area contributed by atoms with Crippen molar-refractivity contribution in [3.63, 3.8) is 0 Å². The molecule has 0 fully saturated rings. The van der Waals surface area contributed by atoms with Crippen LogP contribution in [0.3, 0.4) is 0 Å². The Bertz CT molecular complexity index is 712. The zero-order valence-corrected chi connectivity index (χ0v) is 9.69. The number of aryl methyl sites for hydroxylation is 1. The molecule has 0 saturated heterocycles. The second kappa shape index (κ2) is 3.99. The molecule has 90 valence electrons. The van der Waals surface area contributed by atoms with E-state index >= 15 is 0 Å². The Morgan fingerprint density at radius 2 is 2.33 bits per heavy atom. The number of rotatable bonds is 2. The van der Waals surface area contributed by atoms with Gasteiger partial charge in [-0.15, -0.1) is 0 Å². The number of carbonyl (C=O) groups excluding carboxylic acids is 1. The first-order valence-electron chi connectivity index (χ1n) is 5.49. The maximum Gasteiger partial charge on any atom is 0.259 e. The van der Waals surface area contributed by atoms with Crippen LogP contribution in [0.25, 0.3) is 11.0 Å². The molecule has 0 bridgehead atoms. The highest BCUT2D eigenvalue weighted by Crippen LogP contribution is 2.17. The van der Waals surface area contributed by atoms with Crippen molar-refractivity contribution in [3.8, 4) is 0 Å². The molecule has 0 aliphatic carbocycles. The Kier molecular flexibility index (Phi) is 2.33. The standard InChI is InChI=1S/C12H11N5O/c1-7-5-10(17-16-7)15-12(18)9-6-14-11-8(9)3-2-4-13-11/h2-6H,1H3,(H,13,14)(H2,15,16,17,18). The molecular formula is C12H11N5O. The van der Waals surface area contributed by atoms with Crippen LogP contribution in [0.4, 0.5) is 5.82 Å². The monoisotopic (exact) mass is 241 g/mol. The van der Waals surface area contributed by atoms with Crippen LogP contribution in [0.1, 0.15) is 16.1 Å². The van der Waals surface area contributed by atoms with E-state index in [4.69, 9.17) is 0 Å². The molecule has 3 N–H and O–H groups in total. The highest BCUT2D eigenvalue weighted by atomic mass is 16.1. The summed E-state index contributed by atoms with van der Waals surface area (Å²) in [5.41, 5.74) is 2.14. The molecule has 6 nitrogen and oxygen atoms in total. The second-order valence-corrected chi connectivity index (χ2v) is 3.99. The number of nitrogens with zero attached hydrogens (tertiary/aromatic N) is 2. The lowest BCUT2D eigenvalue weighted by molar-refractivity contribution is 0.102. The van der Waals surface area contributed by atoms with E-state index in [0.717, 1.165) is 11.1 Å². The lowest BCUT2D eigenvalue weighted by Crippen LogP contribution is -2.11. The van der Waals surface area contributed by atoms with Crippen LogP contribution in [0.5, 0.6) is 0 Å². The van der Waals surface area contributed by atoms with Crippen LogP contribution in [-0.2, 0) is 0 Å². The molecular weight excluding hydrogens is 230 g/mol. The van der Waals surface area contributed by atoms with Gasteiger partial charge in [-0.3, -0.25) is 9.89 Å². The minimum absolute atomic E-state index is 0.208. The predicted octanol–water partition coefficient (Wildman–Crippen LogP) is 1.85. The minimum Gasteiger partial charge on any atom is -0.345 e. The number of aromatic amines is 2. The number of hydrogen-bond donors (Lipinski definition) is 3. The van der Waals surface area contributed by atoms with Crippen molar-refractivity contribution in [1.29, 1.82) is 0 Å². The predicted molar refractivity (Wildman–Crippen MR) is 67.4 cm³/mol. The molecule has 18 heavy (non-hydrogen) atoms. The van der Waals surface area contributed by atoms with Gasteiger partial charge in [0.1, 0.15) is 5.65 Å². The maximum absolute atomic E-state index is 12.1. The van der Waals surface area contributed by atoms with E-state index in [1.54, 1.807) is 24.5 Å². The van der Waals surface area contributed by atoms with Crippen molar-refractivity contribution < 1.29 is 4.79 Å². The fourth-order valence-electron chi connectivity index (χ4n) is 1.81. The van der Waals surface area contributed by atoms with E-state index < -0.39 is 0 Å². The van der Waals surface area contributed by atoms with E-state index in [2.05, 4.69) is 25.5 Å². The number of anilines is 1. The van der Waals surface area contributed by atoms with E-state index in [1.165, 1.54) is 0 Å². The Morgan fingerprint density at radius 3 is 3.11 bits per heavy atom. The Hall–Kier alpha value is -2.63. The number of carbonyl (C=O) groups is 1. The summed E-state index contributed by atoms with van der Waals surface area (Å²) in [6, 6.07) is 5.42. The molecule has 3 heterocycles. The van der Waals surface area contributed by atoms with Crippen LogP contribution in [0, 0.1) is 6.92 Å². The lowest BCUT2D eigenvalue weighted by Gasteiger charge is -1.99. The topological polar surface area (TPSA) is 86.5 Å². The number of hydrogen-bond acceptors (Lipinski definition) is 3. The number of H-pyrrole nitrogens is 2. The van der Waals surface area contributed by atoms with E-state index in [0.29, 0.717) is 17.0 Å². The first-order chi connectivity index (χ1) is 8.74. The highest BCUT2D eigenvalue weighted by Gasteiger charge is 2.13. The summed E-state index contributed by atoms with van der Waals surface area (Å²) in [7, 11) is 0. The summed E-state index contributed by atoms with van der Waals surface area (Å²) < 4.78 is 0. The van der Waals surface area contributed by atoms with Gasteiger partial charge in [-0.2, -0.15) is 5.10 Å². The van der Waals surface area contributed by atoms with Crippen LogP contribution < -0.4 is 5.32 Å². The molecule has 0 saturated carbocycles. The fourth-order valence-corrected chi connectivity index (χ4v) is 1.81. The third-order valence-corrected chi connectivity index (χ3v) is 2.64. The Morgan fingerprint density at radius 1 is 1.44 bits per heavy atom. The van der Waals surface area contributed by atoms with Crippen LogP contribution in [0.2, 0.25) is 0 Å². The van der Waals surface area contributed by atoms with Gasteiger partial charge in [0.15, 0.2) is 5.82 Å². The van der Waals surface area contributed by atoms with Crippen LogP contribution in [0.15, 0.2) is 30.6 Å². The first-order valence-corrected chi connectivity index (χ1v) is 5.49. The zero-order chi connectivity index (χ0) is 12.5. The normalized spacial score (nSPS) is 10.7. The van der Waals surface area contributed by atoms with Gasteiger partial charge < -0.3 is 10.3 Å². The lowest BCUT2D eigenvalue weighted by atomic mass is 10.2. The summed E-state index contributed by atoms with van der Waals surface area (Å²) in [6.07, 6.45) is 3.32. The average Bonchev–Trinajstić information content (AvgIpc) is 2.95. The Balaban J connectivity index is 1.92. The van der Waals surface area contributed by atoms with Crippen molar-refractivity contribution in [2.24, 2.45) is 0 Å². The summed E-state index contributed by atoms with van der Waals surface area (Å²) in [5.74, 6) is 0.302. The van der Waals surface area contributed by atoms with Gasteiger partial charge in [0.2, 0.25) is 0 Å². The van der Waals surface area contributed by atoms with Crippen LogP contribution >= 0.6 is 0 Å². The molecule has 6 heteroatoms. The average molecular weight is 241 g/mol. The van der Waals surface area contributed by atoms with Gasteiger partial charge in [0.25, 0.3) is 5.91 Å². The van der Waals surface area contributed by atoms with Gasteiger partial charge >= 0.3 is 0 Å². The number of pyridine rings is 1. The first kappa shape index (κ1) is 10.5. The summed E-state index contributed by atoms with van der Waals surface area (Å²) in [5, 5.41) is 10.3. The quantitative estimate of drug-likeness (QED) is 0.639. The third kappa shape index (κ3) is 1.73. The highest BCUT2D eigenvalue weighted by molar-refractivity contribution is 6.11. The summed E-state index contributed by atoms with van der Waals surface area (Å²) in [4.78, 5) is 19.2. The van der Waals surface area contributed by atoms with Crippen molar-refractivity contribution in [2.75, 3.05) is 5.32 Å². The second-order valence-electron chi connectivity index (χ2n) is 3.99. The number of fused-ring (bicyclic) bond motifs is 1. The molecule has 0 spiro atoms. The largest absolute Gasteiger partial charge is 0.345 e. The van der Waals surface area contributed by atoms with Gasteiger partial charge in [-0.25, -0.2) is 4.98 Å². The van der Waals surface area contributed by atoms with Gasteiger partial charge in [0, 0.05) is 29.5 Å². The van der Waals surface area contributed by atoms with E-state index in [9.17, 15) is 4.79 Å². The molecule has 3 aromatic heterocycles. The number of amides is 1. The molecule has 3 aromatic rings. The van der Waals surface area contributed by atoms with Gasteiger partial charge in [0.05, 0.1) is 5.56 Å². The van der Waals surface area contributed by atoms with Crippen molar-refractivity contribution in [1.82, 2.24) is 20.2 Å². The van der Waals surface area contributed by atoms with E-state index in [-0.39, 0.29) is 5.91 Å². The van der Waals surface area contributed by atoms with Crippen molar-refractivity contribution >= 4 is 22.8 Å². The number of nitrogens with one attached hydrogen (secondary N) is 3. The third-order valence-electron chi connectivity index (χ3n) is 2.64. The van der Waals surface area contributed by atoms with E-state index in [1.807, 2.05) is 13.0 Å². The molecule has 1 amide bonds. The zero-order valence-electron chi connectivity index (χ0n) is 9.69. The Labute approximate surface area is 102 Å². The van der Waals surface area contributed by atoms with Gasteiger partial charge in [-0.05, 0) is 19.1 Å². The number of aromatic nitrogens is 4. The molecule has 0 radical (unpaired) electrons. The molecule has 3 rings (SSSR count). The molecule has 0 aromatic carbocycles. The summed E-state index contributed by atoms with van der Waals surface area (Å²) in [6.45, 7) is 1.87. The maximum atomic E-state index is 12.1. The molecule has 0 aliphatic heterocycles. The molecule has 0 aliphatic rings. The van der Waals surface area contributed by atoms with Crippen molar-refractivity contribution in [2.45, 2.75) is 6.92 Å². The molecule has 0 atom stereocenters. The SMILES string of the molecule is Cc1cc(NC(=O)c2c[nH]c3ncccc23)n[nH]1. The van der Waals surface area contributed by atoms with Gasteiger partial charge in [-0.1, -0.05) is 0 Å².